The quantitative estimate of drug-likeness (QED) is 0.323. The molecular weight excluding hydrogens is 191 g/mol. The average Bonchev–Trinajstić information content (AvgIpc) is 1.63. The first-order valence-electron chi connectivity index (χ1n) is 2.29. The molecule has 0 amide bonds. The first kappa shape index (κ1) is 29.3. The van der Waals surface area contributed by atoms with E-state index < -0.39 is 19.5 Å². The van der Waals surface area contributed by atoms with Crippen molar-refractivity contribution in [2.45, 2.75) is 13.1 Å². The summed E-state index contributed by atoms with van der Waals surface area (Å²) in [4.78, 5) is 9.32. The molecule has 0 saturated heterocycles. The minimum absolute atomic E-state index is 0. The molecule has 0 fully saturated rings. The fraction of sp³-hybridized carbons (Fsp3) is 0.667. The van der Waals surface area contributed by atoms with Gasteiger partial charge in [0.05, 0.1) is 0 Å². The molecule has 5 nitrogen and oxygen atoms in total. The molecule has 1 unspecified atom stereocenters. The maximum atomic E-state index is 11.2. The van der Waals surface area contributed by atoms with E-state index in [2.05, 4.69) is 0 Å². The first-order chi connectivity index (χ1) is 4.37. The SMILES string of the molecule is CC(F)C(=O)O.F.F.OB(O)O.[H-].[Li+]. The molecule has 0 spiro atoms. The van der Waals surface area contributed by atoms with Gasteiger partial charge in [-0.15, -0.1) is 0 Å². The second-order valence-corrected chi connectivity index (χ2v) is 1.30. The molecule has 0 aliphatic heterocycles. The van der Waals surface area contributed by atoms with E-state index in [4.69, 9.17) is 20.2 Å². The number of carboxylic acid groups (broad SMARTS) is 1. The van der Waals surface area contributed by atoms with Crippen LogP contribution in [-0.2, 0) is 4.79 Å². The van der Waals surface area contributed by atoms with Gasteiger partial charge in [-0.05, 0) is 6.92 Å². The van der Waals surface area contributed by atoms with Crippen molar-refractivity contribution < 1.29 is 59.1 Å². The molecule has 0 aromatic heterocycles. The van der Waals surface area contributed by atoms with Crippen LogP contribution >= 0.6 is 0 Å². The predicted molar refractivity (Wildman–Crippen MR) is 36.7 cm³/mol. The van der Waals surface area contributed by atoms with Gasteiger partial charge < -0.3 is 21.6 Å². The van der Waals surface area contributed by atoms with Gasteiger partial charge >= 0.3 is 32.2 Å². The van der Waals surface area contributed by atoms with Gasteiger partial charge in [0.2, 0.25) is 0 Å². The van der Waals surface area contributed by atoms with Crippen LogP contribution < -0.4 is 18.9 Å². The van der Waals surface area contributed by atoms with Crippen molar-refractivity contribution >= 4 is 13.3 Å². The molecule has 1 atom stereocenters. The smallest absolute Gasteiger partial charge is 1.00 e. The Morgan fingerprint density at radius 3 is 1.46 bits per heavy atom. The third-order valence-corrected chi connectivity index (χ3v) is 0.340. The Balaban J connectivity index is -0.0000000185. The average molecular weight is 202 g/mol. The van der Waals surface area contributed by atoms with Crippen molar-refractivity contribution in [2.24, 2.45) is 0 Å². The van der Waals surface area contributed by atoms with E-state index in [-0.39, 0.29) is 29.7 Å². The van der Waals surface area contributed by atoms with Gasteiger partial charge in [-0.2, -0.15) is 0 Å². The van der Waals surface area contributed by atoms with Crippen LogP contribution in [0.4, 0.5) is 13.8 Å². The summed E-state index contributed by atoms with van der Waals surface area (Å²) in [6.07, 6.45) is -1.73. The van der Waals surface area contributed by atoms with E-state index in [0.29, 0.717) is 0 Å². The first-order valence-corrected chi connectivity index (χ1v) is 2.29. The number of hydrogen-bond donors (Lipinski definition) is 4. The fourth-order valence-corrected chi connectivity index (χ4v) is 0. The Bertz CT molecular complexity index is 107. The molecule has 0 aromatic carbocycles. The zero-order valence-corrected chi connectivity index (χ0v) is 7.05. The topological polar surface area (TPSA) is 98.0 Å². The van der Waals surface area contributed by atoms with Crippen LogP contribution in [0.3, 0.4) is 0 Å². The third kappa shape index (κ3) is 78.4. The summed E-state index contributed by atoms with van der Waals surface area (Å²) in [5, 5.41) is 29.1. The molecule has 0 heterocycles. The fourth-order valence-electron chi connectivity index (χ4n) is 0. The number of carboxylic acids is 1. The zero-order valence-electron chi connectivity index (χ0n) is 8.05. The Kier molecular flexibility index (Phi) is 40.1. The molecule has 0 aliphatic carbocycles. The largest absolute Gasteiger partial charge is 1.00 e. The van der Waals surface area contributed by atoms with Gasteiger partial charge in [0.15, 0.2) is 6.17 Å². The van der Waals surface area contributed by atoms with E-state index >= 15 is 0 Å². The molecule has 0 bridgehead atoms. The van der Waals surface area contributed by atoms with Gasteiger partial charge in [0, 0.05) is 0 Å². The number of alkyl halides is 1. The normalized spacial score (nSPS) is 8.38. The number of carbonyl (C=O) groups is 1. The van der Waals surface area contributed by atoms with Crippen LogP contribution in [-0.4, -0.2) is 39.6 Å². The van der Waals surface area contributed by atoms with Crippen LogP contribution in [0.2, 0.25) is 0 Å². The van der Waals surface area contributed by atoms with E-state index in [1.807, 2.05) is 0 Å². The van der Waals surface area contributed by atoms with E-state index in [1.165, 1.54) is 0 Å². The maximum Gasteiger partial charge on any atom is 1.00 e. The second kappa shape index (κ2) is 17.8. The van der Waals surface area contributed by atoms with Gasteiger partial charge in [0.1, 0.15) is 0 Å². The third-order valence-electron chi connectivity index (χ3n) is 0.340. The van der Waals surface area contributed by atoms with Crippen molar-refractivity contribution in [3.05, 3.63) is 0 Å². The molecule has 0 aliphatic rings. The van der Waals surface area contributed by atoms with Crippen LogP contribution in [0, 0.1) is 0 Å². The second-order valence-electron chi connectivity index (χ2n) is 1.30. The number of aliphatic carboxylic acids is 1. The van der Waals surface area contributed by atoms with Gasteiger partial charge in [-0.1, -0.05) is 0 Å². The number of hydrogen-bond acceptors (Lipinski definition) is 4. The molecule has 78 valence electrons. The summed E-state index contributed by atoms with van der Waals surface area (Å²) < 4.78 is 11.2. The summed E-state index contributed by atoms with van der Waals surface area (Å²) in [7, 11) is -2.17. The summed E-state index contributed by atoms with van der Waals surface area (Å²) in [6.45, 7) is 0.975. The monoisotopic (exact) mass is 202 g/mol. The van der Waals surface area contributed by atoms with Crippen molar-refractivity contribution in [2.75, 3.05) is 0 Å². The van der Waals surface area contributed by atoms with Gasteiger partial charge in [0.25, 0.3) is 0 Å². The molecule has 10 heteroatoms. The van der Waals surface area contributed by atoms with Gasteiger partial charge in [-0.3, -0.25) is 9.41 Å². The molecule has 0 rings (SSSR count). The summed E-state index contributed by atoms with van der Waals surface area (Å²) >= 11 is 0. The Labute approximate surface area is 86.1 Å². The minimum atomic E-state index is -2.17. The summed E-state index contributed by atoms with van der Waals surface area (Å²) in [5.41, 5.74) is 0. The van der Waals surface area contributed by atoms with Crippen LogP contribution in [0.5, 0.6) is 0 Å². The molecule has 13 heavy (non-hydrogen) atoms. The van der Waals surface area contributed by atoms with Crippen molar-refractivity contribution in [1.82, 2.24) is 0 Å². The van der Waals surface area contributed by atoms with Crippen LogP contribution in [0.25, 0.3) is 0 Å². The van der Waals surface area contributed by atoms with Crippen molar-refractivity contribution in [3.8, 4) is 0 Å². The molecule has 0 saturated carbocycles. The van der Waals surface area contributed by atoms with E-state index in [9.17, 15) is 9.18 Å². The number of halogens is 3. The maximum absolute atomic E-state index is 11.2. The van der Waals surface area contributed by atoms with E-state index in [1.54, 1.807) is 0 Å². The standard InChI is InChI=1S/C3H5FO2.BH3O3.2FH.Li.H/c1-2(4)3(5)6;2-1(3)4;;;;/h2H,1H3,(H,5,6);2-4H;2*1H;;/q;;;;+1;-1. The van der Waals surface area contributed by atoms with Crippen LogP contribution in [0.15, 0.2) is 0 Å². The van der Waals surface area contributed by atoms with Crippen molar-refractivity contribution in [1.29, 1.82) is 0 Å². The predicted octanol–water partition coefficient (Wildman–Crippen LogP) is -4.20. The molecule has 0 radical (unpaired) electrons. The minimum Gasteiger partial charge on any atom is -1.00 e. The van der Waals surface area contributed by atoms with Crippen LogP contribution in [0.1, 0.15) is 8.35 Å². The Morgan fingerprint density at radius 2 is 1.46 bits per heavy atom. The molecular formula is C3H11BF3LiO5. The zero-order chi connectivity index (χ0) is 8.73. The summed E-state index contributed by atoms with van der Waals surface area (Å²) in [6, 6.07) is 0. The molecule has 4 N–H and O–H groups in total. The number of rotatable bonds is 1. The molecule has 0 aromatic rings. The summed E-state index contributed by atoms with van der Waals surface area (Å²) in [5.74, 6) is -1.41. The van der Waals surface area contributed by atoms with Gasteiger partial charge in [-0.25, -0.2) is 9.18 Å². The van der Waals surface area contributed by atoms with E-state index in [0.717, 1.165) is 6.92 Å². The Morgan fingerprint density at radius 1 is 1.38 bits per heavy atom. The Hall–Kier alpha value is -0.198. The van der Waals surface area contributed by atoms with Crippen molar-refractivity contribution in [3.63, 3.8) is 0 Å².